The average Bonchev–Trinajstić information content (AvgIpc) is 2.56. The third kappa shape index (κ3) is 1.64. The van der Waals surface area contributed by atoms with Crippen LogP contribution in [0.25, 0.3) is 6.08 Å². The summed E-state index contributed by atoms with van der Waals surface area (Å²) < 4.78 is 0. The third-order valence-electron chi connectivity index (χ3n) is 1.89. The summed E-state index contributed by atoms with van der Waals surface area (Å²) in [4.78, 5) is 11.1. The molecule has 4 nitrogen and oxygen atoms in total. The molecule has 1 amide bonds. The first-order valence-electron chi connectivity index (χ1n) is 4.16. The minimum absolute atomic E-state index is 0.179. The van der Waals surface area contributed by atoms with Crippen LogP contribution in [0.3, 0.4) is 0 Å². The van der Waals surface area contributed by atoms with Crippen molar-refractivity contribution in [3.63, 3.8) is 0 Å². The van der Waals surface area contributed by atoms with Gasteiger partial charge in [0.15, 0.2) is 0 Å². The van der Waals surface area contributed by atoms with Gasteiger partial charge in [-0.3, -0.25) is 4.79 Å². The SMILES string of the molecule is Nc1ccc(/C=C2/C=NNC2=O)cc1. The maximum atomic E-state index is 11.1. The highest BCUT2D eigenvalue weighted by atomic mass is 16.2. The Morgan fingerprint density at radius 2 is 2.00 bits per heavy atom. The molecular formula is C10H9N3O. The quantitative estimate of drug-likeness (QED) is 0.503. The molecule has 0 atom stereocenters. The highest BCUT2D eigenvalue weighted by molar-refractivity contribution is 6.18. The number of rotatable bonds is 1. The Morgan fingerprint density at radius 1 is 1.29 bits per heavy atom. The Kier molecular flexibility index (Phi) is 2.02. The molecule has 1 aliphatic rings. The number of nitrogen functional groups attached to an aromatic ring is 1. The molecule has 4 heteroatoms. The van der Waals surface area contributed by atoms with Crippen molar-refractivity contribution in [3.05, 3.63) is 35.4 Å². The number of anilines is 1. The summed E-state index contributed by atoms with van der Waals surface area (Å²) in [5.74, 6) is -0.179. The molecule has 70 valence electrons. The van der Waals surface area contributed by atoms with E-state index in [0.717, 1.165) is 5.56 Å². The van der Waals surface area contributed by atoms with E-state index < -0.39 is 0 Å². The molecule has 0 bridgehead atoms. The first kappa shape index (κ1) is 8.50. The molecule has 2 rings (SSSR count). The zero-order valence-corrected chi connectivity index (χ0v) is 7.40. The van der Waals surface area contributed by atoms with Crippen molar-refractivity contribution in [2.75, 3.05) is 5.73 Å². The first-order valence-corrected chi connectivity index (χ1v) is 4.16. The molecule has 1 aliphatic heterocycles. The van der Waals surface area contributed by atoms with Gasteiger partial charge in [0.25, 0.3) is 5.91 Å². The van der Waals surface area contributed by atoms with Crippen LogP contribution < -0.4 is 11.2 Å². The number of hydrogen-bond acceptors (Lipinski definition) is 3. The number of hydrogen-bond donors (Lipinski definition) is 2. The molecule has 0 saturated heterocycles. The molecule has 1 aromatic rings. The Balaban J connectivity index is 2.29. The lowest BCUT2D eigenvalue weighted by molar-refractivity contribution is -0.116. The van der Waals surface area contributed by atoms with E-state index in [0.29, 0.717) is 11.3 Å². The van der Waals surface area contributed by atoms with Gasteiger partial charge in [-0.2, -0.15) is 5.10 Å². The highest BCUT2D eigenvalue weighted by Crippen LogP contribution is 2.10. The zero-order valence-electron chi connectivity index (χ0n) is 7.40. The van der Waals surface area contributed by atoms with Gasteiger partial charge in [0.05, 0.1) is 11.8 Å². The molecule has 14 heavy (non-hydrogen) atoms. The van der Waals surface area contributed by atoms with Gasteiger partial charge >= 0.3 is 0 Å². The van der Waals surface area contributed by atoms with Gasteiger partial charge < -0.3 is 5.73 Å². The summed E-state index contributed by atoms with van der Waals surface area (Å²) >= 11 is 0. The van der Waals surface area contributed by atoms with E-state index in [1.165, 1.54) is 6.21 Å². The summed E-state index contributed by atoms with van der Waals surface area (Å²) in [6.45, 7) is 0. The van der Waals surface area contributed by atoms with Crippen LogP contribution in [-0.2, 0) is 4.79 Å². The lowest BCUT2D eigenvalue weighted by atomic mass is 10.1. The van der Waals surface area contributed by atoms with Crippen molar-refractivity contribution in [2.24, 2.45) is 5.10 Å². The number of hydrazone groups is 1. The van der Waals surface area contributed by atoms with Crippen LogP contribution in [0.5, 0.6) is 0 Å². The van der Waals surface area contributed by atoms with E-state index in [1.807, 2.05) is 12.1 Å². The Hall–Kier alpha value is -2.10. The molecule has 0 spiro atoms. The van der Waals surface area contributed by atoms with Gasteiger partial charge in [-0.15, -0.1) is 0 Å². The first-order chi connectivity index (χ1) is 6.75. The van der Waals surface area contributed by atoms with Crippen molar-refractivity contribution in [3.8, 4) is 0 Å². The van der Waals surface area contributed by atoms with Gasteiger partial charge in [0, 0.05) is 5.69 Å². The average molecular weight is 187 g/mol. The fraction of sp³-hybridized carbons (Fsp3) is 0. The maximum absolute atomic E-state index is 11.1. The summed E-state index contributed by atoms with van der Waals surface area (Å²) in [5, 5.41) is 3.64. The van der Waals surface area contributed by atoms with Gasteiger partial charge in [-0.05, 0) is 23.8 Å². The molecule has 0 radical (unpaired) electrons. The van der Waals surface area contributed by atoms with Crippen molar-refractivity contribution >= 4 is 23.9 Å². The van der Waals surface area contributed by atoms with Crippen molar-refractivity contribution in [2.45, 2.75) is 0 Å². The molecule has 0 aromatic heterocycles. The Morgan fingerprint density at radius 3 is 2.57 bits per heavy atom. The second kappa shape index (κ2) is 3.33. The lowest BCUT2D eigenvalue weighted by Crippen LogP contribution is -2.11. The topological polar surface area (TPSA) is 67.5 Å². The van der Waals surface area contributed by atoms with Crippen LogP contribution in [0.15, 0.2) is 34.9 Å². The second-order valence-electron chi connectivity index (χ2n) is 2.97. The summed E-state index contributed by atoms with van der Waals surface area (Å²) in [6, 6.07) is 7.27. The predicted octanol–water partition coefficient (Wildman–Crippen LogP) is 0.768. The monoisotopic (exact) mass is 187 g/mol. The number of nitrogens with one attached hydrogen (secondary N) is 1. The van der Waals surface area contributed by atoms with Crippen LogP contribution in [0.2, 0.25) is 0 Å². The number of nitrogens with zero attached hydrogens (tertiary/aromatic N) is 1. The van der Waals surface area contributed by atoms with Crippen molar-refractivity contribution in [1.82, 2.24) is 5.43 Å². The van der Waals surface area contributed by atoms with E-state index in [1.54, 1.807) is 18.2 Å². The third-order valence-corrected chi connectivity index (χ3v) is 1.89. The van der Waals surface area contributed by atoms with Crippen LogP contribution in [0, 0.1) is 0 Å². The molecule has 1 aromatic carbocycles. The van der Waals surface area contributed by atoms with E-state index in [2.05, 4.69) is 10.5 Å². The van der Waals surface area contributed by atoms with Gasteiger partial charge in [-0.25, -0.2) is 5.43 Å². The fourth-order valence-electron chi connectivity index (χ4n) is 1.16. The molecule has 3 N–H and O–H groups in total. The van der Waals surface area contributed by atoms with E-state index in [4.69, 9.17) is 5.73 Å². The van der Waals surface area contributed by atoms with E-state index >= 15 is 0 Å². The number of carbonyl (C=O) groups excluding carboxylic acids is 1. The number of nitrogens with two attached hydrogens (primary N) is 1. The molecule has 1 heterocycles. The maximum Gasteiger partial charge on any atom is 0.273 e. The molecule has 0 aliphatic carbocycles. The normalized spacial score (nSPS) is 17.4. The molecule has 0 unspecified atom stereocenters. The lowest BCUT2D eigenvalue weighted by Gasteiger charge is -1.95. The van der Waals surface area contributed by atoms with Crippen molar-refractivity contribution < 1.29 is 4.79 Å². The molecular weight excluding hydrogens is 178 g/mol. The van der Waals surface area contributed by atoms with Gasteiger partial charge in [0.2, 0.25) is 0 Å². The van der Waals surface area contributed by atoms with Crippen LogP contribution in [-0.4, -0.2) is 12.1 Å². The van der Waals surface area contributed by atoms with Gasteiger partial charge in [0.1, 0.15) is 0 Å². The number of carbonyl (C=O) groups is 1. The zero-order chi connectivity index (χ0) is 9.97. The van der Waals surface area contributed by atoms with Crippen LogP contribution in [0.4, 0.5) is 5.69 Å². The molecule has 0 saturated carbocycles. The van der Waals surface area contributed by atoms with Crippen molar-refractivity contribution in [1.29, 1.82) is 0 Å². The minimum atomic E-state index is -0.179. The predicted molar refractivity (Wildman–Crippen MR) is 55.5 cm³/mol. The summed E-state index contributed by atoms with van der Waals surface area (Å²) in [6.07, 6.45) is 3.25. The van der Waals surface area contributed by atoms with Crippen LogP contribution in [0.1, 0.15) is 5.56 Å². The summed E-state index contributed by atoms with van der Waals surface area (Å²) in [7, 11) is 0. The smallest absolute Gasteiger partial charge is 0.273 e. The standard InChI is InChI=1S/C10H9N3O/c11-9-3-1-7(2-4-9)5-8-6-12-13-10(8)14/h1-6H,11H2,(H,13,14)/b8-5-. The Labute approximate surface area is 81.1 Å². The second-order valence-corrected chi connectivity index (χ2v) is 2.97. The van der Waals surface area contributed by atoms with Gasteiger partial charge in [-0.1, -0.05) is 12.1 Å². The Bertz CT molecular complexity index is 417. The van der Waals surface area contributed by atoms with E-state index in [9.17, 15) is 4.79 Å². The fourth-order valence-corrected chi connectivity index (χ4v) is 1.16. The minimum Gasteiger partial charge on any atom is -0.399 e. The van der Waals surface area contributed by atoms with E-state index in [-0.39, 0.29) is 5.91 Å². The molecule has 0 fully saturated rings. The summed E-state index contributed by atoms with van der Waals surface area (Å²) in [5.41, 5.74) is 10.1. The highest BCUT2D eigenvalue weighted by Gasteiger charge is 2.10. The van der Waals surface area contributed by atoms with Crippen LogP contribution >= 0.6 is 0 Å². The number of amides is 1. The largest absolute Gasteiger partial charge is 0.399 e. The number of benzene rings is 1.